The molecule has 36 valence electrons. The van der Waals surface area contributed by atoms with Gasteiger partial charge in [-0.25, -0.2) is 0 Å². The molecule has 0 aliphatic carbocycles. The fourth-order valence-corrected chi connectivity index (χ4v) is 0. The molecule has 0 saturated carbocycles. The molecule has 0 saturated heterocycles. The standard InChI is InChI=1S/CH3Cl.CH4O.H2O/c2*1-2;/h1H3;2H,1H3;1H2. The second kappa shape index (κ2) is 984. The number of aliphatic hydroxyl groups is 1. The Morgan fingerprint density at radius 1 is 1.20 bits per heavy atom. The van der Waals surface area contributed by atoms with Crippen LogP contribution in [0.15, 0.2) is 0 Å². The number of aliphatic hydroxyl groups excluding tert-OH is 1. The van der Waals surface area contributed by atoms with Crippen molar-refractivity contribution in [2.45, 2.75) is 0 Å². The summed E-state index contributed by atoms with van der Waals surface area (Å²) in [7, 11) is 1.00. The summed E-state index contributed by atoms with van der Waals surface area (Å²) in [6, 6.07) is 0. The molecule has 0 fully saturated rings. The predicted octanol–water partition coefficient (Wildman–Crippen LogP) is -0.361. The lowest BCUT2D eigenvalue weighted by atomic mass is 11.8. The molecule has 0 spiro atoms. The van der Waals surface area contributed by atoms with Crippen LogP contribution in [0.1, 0.15) is 0 Å². The number of halogens is 1. The molecule has 0 heterocycles. The first-order chi connectivity index (χ1) is 2.00. The molecule has 0 aromatic rings. The van der Waals surface area contributed by atoms with E-state index in [0.717, 1.165) is 7.11 Å². The van der Waals surface area contributed by atoms with Gasteiger partial charge < -0.3 is 10.6 Å². The van der Waals surface area contributed by atoms with Gasteiger partial charge in [-0.3, -0.25) is 0 Å². The zero-order chi connectivity index (χ0) is 4.00. The van der Waals surface area contributed by atoms with E-state index in [0.29, 0.717) is 0 Å². The highest BCUT2D eigenvalue weighted by atomic mass is 35.5. The summed E-state index contributed by atoms with van der Waals surface area (Å²) in [5, 5.41) is 7.00. The Morgan fingerprint density at radius 2 is 1.20 bits per heavy atom. The zero-order valence-electron chi connectivity index (χ0n) is 3.33. The Kier molecular flexibility index (Phi) is 3720. The SMILES string of the molecule is CCl.CO.O. The van der Waals surface area contributed by atoms with E-state index in [1.165, 1.54) is 6.38 Å². The summed E-state index contributed by atoms with van der Waals surface area (Å²) in [5.41, 5.74) is 0. The Morgan fingerprint density at radius 3 is 1.20 bits per heavy atom. The predicted molar refractivity (Wildman–Crippen MR) is 23.5 cm³/mol. The smallest absolute Gasteiger partial charge is 0.0319 e. The van der Waals surface area contributed by atoms with E-state index in [2.05, 4.69) is 11.6 Å². The van der Waals surface area contributed by atoms with Crippen LogP contribution < -0.4 is 0 Å². The molecule has 0 aromatic heterocycles. The number of alkyl halides is 1. The van der Waals surface area contributed by atoms with Crippen LogP contribution >= 0.6 is 11.6 Å². The van der Waals surface area contributed by atoms with Gasteiger partial charge in [0.25, 0.3) is 0 Å². The first-order valence-electron chi connectivity index (χ1n) is 0.825. The van der Waals surface area contributed by atoms with Gasteiger partial charge in [0.15, 0.2) is 0 Å². The van der Waals surface area contributed by atoms with E-state index in [9.17, 15) is 0 Å². The van der Waals surface area contributed by atoms with E-state index < -0.39 is 0 Å². The van der Waals surface area contributed by atoms with E-state index in [-0.39, 0.29) is 5.48 Å². The van der Waals surface area contributed by atoms with Crippen LogP contribution in [-0.2, 0) is 0 Å². The topological polar surface area (TPSA) is 51.7 Å². The van der Waals surface area contributed by atoms with E-state index in [1.807, 2.05) is 0 Å². The Labute approximate surface area is 36.7 Å². The average molecular weight is 101 g/mol. The van der Waals surface area contributed by atoms with Gasteiger partial charge in [0, 0.05) is 13.5 Å². The minimum Gasteiger partial charge on any atom is -0.412 e. The fourth-order valence-electron chi connectivity index (χ4n) is 0. The van der Waals surface area contributed by atoms with Crippen LogP contribution in [0.2, 0.25) is 0 Å². The molecule has 0 bridgehead atoms. The summed E-state index contributed by atoms with van der Waals surface area (Å²) < 4.78 is 0. The maximum Gasteiger partial charge on any atom is 0.0319 e. The highest BCUT2D eigenvalue weighted by Gasteiger charge is 0.943. The number of hydrogen-bond acceptors (Lipinski definition) is 1. The van der Waals surface area contributed by atoms with Crippen molar-refractivity contribution in [3.8, 4) is 0 Å². The maximum atomic E-state index is 7.00. The van der Waals surface area contributed by atoms with Crippen LogP contribution in [-0.4, -0.2) is 24.1 Å². The zero-order valence-corrected chi connectivity index (χ0v) is 4.08. The highest BCUT2D eigenvalue weighted by molar-refractivity contribution is 6.15. The lowest BCUT2D eigenvalue weighted by Crippen LogP contribution is -1.25. The third-order valence-corrected chi connectivity index (χ3v) is 0. The van der Waals surface area contributed by atoms with Crippen LogP contribution in [0.5, 0.6) is 0 Å². The van der Waals surface area contributed by atoms with E-state index in [4.69, 9.17) is 5.11 Å². The second-order valence-electron chi connectivity index (χ2n) is 0. The van der Waals surface area contributed by atoms with Crippen molar-refractivity contribution in [2.24, 2.45) is 0 Å². The monoisotopic (exact) mass is 100 g/mol. The molecule has 0 rings (SSSR count). The Hall–Kier alpha value is 0.210. The van der Waals surface area contributed by atoms with Crippen molar-refractivity contribution in [2.75, 3.05) is 13.5 Å². The van der Waals surface area contributed by atoms with Gasteiger partial charge in [-0.2, -0.15) is 0 Å². The quantitative estimate of drug-likeness (QED) is 0.415. The fraction of sp³-hybridized carbons (Fsp3) is 1.00. The van der Waals surface area contributed by atoms with Crippen LogP contribution in [0, 0.1) is 0 Å². The molecule has 0 atom stereocenters. The molecule has 5 heavy (non-hydrogen) atoms. The summed E-state index contributed by atoms with van der Waals surface area (Å²) in [4.78, 5) is 0. The second-order valence-corrected chi connectivity index (χ2v) is 0. The largest absolute Gasteiger partial charge is 0.412 e. The van der Waals surface area contributed by atoms with Gasteiger partial charge in [0.2, 0.25) is 0 Å². The average Bonchev–Trinajstić information content (AvgIpc) is 1.50. The molecule has 3 heteroatoms. The molecule has 0 amide bonds. The Bertz CT molecular complexity index is 7.61. The Balaban J connectivity index is -0.0000000133. The maximum absolute atomic E-state index is 7.00. The lowest BCUT2D eigenvalue weighted by Gasteiger charge is -1.21. The van der Waals surface area contributed by atoms with Crippen LogP contribution in [0.25, 0.3) is 0 Å². The third kappa shape index (κ3) is 466. The van der Waals surface area contributed by atoms with Crippen LogP contribution in [0.3, 0.4) is 0 Å². The van der Waals surface area contributed by atoms with Gasteiger partial charge in [-0.05, 0) is 0 Å². The number of rotatable bonds is 0. The van der Waals surface area contributed by atoms with Crippen molar-refractivity contribution >= 4 is 11.6 Å². The summed E-state index contributed by atoms with van der Waals surface area (Å²) >= 11 is 4.64. The summed E-state index contributed by atoms with van der Waals surface area (Å²) in [5.74, 6) is 0. The molecule has 0 aliphatic heterocycles. The lowest BCUT2D eigenvalue weighted by molar-refractivity contribution is 0.399. The molecule has 0 aliphatic rings. The molecular formula is C2H9ClO2. The van der Waals surface area contributed by atoms with E-state index >= 15 is 0 Å². The van der Waals surface area contributed by atoms with Gasteiger partial charge >= 0.3 is 0 Å². The van der Waals surface area contributed by atoms with Crippen LogP contribution in [0.4, 0.5) is 0 Å². The molecular weight excluding hydrogens is 91.5 g/mol. The summed E-state index contributed by atoms with van der Waals surface area (Å²) in [6.07, 6.45) is 1.47. The molecule has 3 N–H and O–H groups in total. The van der Waals surface area contributed by atoms with Gasteiger partial charge in [-0.1, -0.05) is 0 Å². The van der Waals surface area contributed by atoms with Gasteiger partial charge in [0.1, 0.15) is 0 Å². The van der Waals surface area contributed by atoms with Gasteiger partial charge in [0.05, 0.1) is 0 Å². The normalized spacial score (nSPS) is 2.40. The van der Waals surface area contributed by atoms with Crippen molar-refractivity contribution < 1.29 is 10.6 Å². The van der Waals surface area contributed by atoms with Gasteiger partial charge in [-0.15, -0.1) is 11.6 Å². The first-order valence-corrected chi connectivity index (χ1v) is 1.58. The molecule has 0 aromatic carbocycles. The van der Waals surface area contributed by atoms with Crippen molar-refractivity contribution in [3.05, 3.63) is 0 Å². The van der Waals surface area contributed by atoms with Crippen molar-refractivity contribution in [1.29, 1.82) is 0 Å². The molecule has 0 unspecified atom stereocenters. The highest BCUT2D eigenvalue weighted by Crippen LogP contribution is 1.34. The first kappa shape index (κ1) is 18.9. The van der Waals surface area contributed by atoms with E-state index in [1.54, 1.807) is 0 Å². The minimum atomic E-state index is 0. The van der Waals surface area contributed by atoms with Crippen molar-refractivity contribution in [3.63, 3.8) is 0 Å². The molecule has 0 radical (unpaired) electrons. The molecule has 2 nitrogen and oxygen atoms in total. The minimum absolute atomic E-state index is 0. The number of hydrogen-bond donors (Lipinski definition) is 1. The van der Waals surface area contributed by atoms with Crippen molar-refractivity contribution in [1.82, 2.24) is 0 Å². The third-order valence-electron chi connectivity index (χ3n) is 0. The summed E-state index contributed by atoms with van der Waals surface area (Å²) in [6.45, 7) is 0.